The zero-order chi connectivity index (χ0) is 18.3. The molecule has 128 valence electrons. The second-order valence-electron chi connectivity index (χ2n) is 6.52. The lowest BCUT2D eigenvalue weighted by atomic mass is 9.67. The molecular weight excluding hydrogens is 326 g/mol. The summed E-state index contributed by atoms with van der Waals surface area (Å²) in [5, 5.41) is 32.6. The minimum atomic E-state index is -0.629. The molecule has 4 rings (SSSR count). The number of hydrogen-bond donors (Lipinski definition) is 2. The summed E-state index contributed by atoms with van der Waals surface area (Å²) in [6.07, 6.45) is 0. The van der Waals surface area contributed by atoms with Crippen molar-refractivity contribution in [1.29, 1.82) is 10.7 Å². The fourth-order valence-corrected chi connectivity index (χ4v) is 3.85. The Morgan fingerprint density at radius 3 is 2.54 bits per heavy atom. The van der Waals surface area contributed by atoms with E-state index in [4.69, 9.17) is 9.93 Å². The van der Waals surface area contributed by atoms with Crippen LogP contribution in [0.4, 0.5) is 0 Å². The highest BCUT2D eigenvalue weighted by molar-refractivity contribution is 5.97. The van der Waals surface area contributed by atoms with E-state index in [1.54, 1.807) is 18.2 Å². The molecule has 2 aromatic carbocycles. The summed E-state index contributed by atoms with van der Waals surface area (Å²) in [4.78, 5) is 0. The van der Waals surface area contributed by atoms with Gasteiger partial charge in [0.25, 0.3) is 0 Å². The predicted molar refractivity (Wildman–Crippen MR) is 96.3 cm³/mol. The first kappa shape index (κ1) is 16.1. The van der Waals surface area contributed by atoms with Crippen LogP contribution < -0.4 is 0 Å². The van der Waals surface area contributed by atoms with E-state index < -0.39 is 11.8 Å². The van der Waals surface area contributed by atoms with E-state index in [-0.39, 0.29) is 17.4 Å². The third-order valence-corrected chi connectivity index (χ3v) is 4.99. The molecule has 0 saturated carbocycles. The molecular formula is C21H17N3O2. The Bertz CT molecular complexity index is 1020. The predicted octanol–water partition coefficient (Wildman–Crippen LogP) is 4.13. The van der Waals surface area contributed by atoms with Crippen LogP contribution in [-0.2, 0) is 0 Å². The van der Waals surface area contributed by atoms with Gasteiger partial charge in [-0.3, -0.25) is 0 Å². The van der Waals surface area contributed by atoms with Crippen molar-refractivity contribution in [1.82, 2.24) is 5.16 Å². The van der Waals surface area contributed by atoms with Crippen molar-refractivity contribution in [3.05, 3.63) is 82.7 Å². The number of nitrogens with one attached hydrogen (secondary N) is 1. The topological polar surface area (TPSA) is 93.9 Å². The Morgan fingerprint density at radius 2 is 1.85 bits per heavy atom. The molecule has 1 heterocycles. The summed E-state index contributed by atoms with van der Waals surface area (Å²) in [6, 6.07) is 18.8. The van der Waals surface area contributed by atoms with Crippen molar-refractivity contribution in [2.45, 2.75) is 18.8 Å². The largest absolute Gasteiger partial charge is 0.508 e. The number of aromatic nitrogens is 1. The number of hydrogen-bond acceptors (Lipinski definition) is 5. The molecule has 1 aromatic heterocycles. The van der Waals surface area contributed by atoms with Gasteiger partial charge in [-0.2, -0.15) is 5.26 Å². The molecule has 1 unspecified atom stereocenters. The van der Waals surface area contributed by atoms with Crippen LogP contribution >= 0.6 is 0 Å². The molecule has 3 aromatic rings. The molecule has 0 aliphatic heterocycles. The van der Waals surface area contributed by atoms with Crippen LogP contribution in [0.5, 0.6) is 5.75 Å². The molecule has 0 saturated heterocycles. The van der Waals surface area contributed by atoms with Gasteiger partial charge in [0.05, 0.1) is 23.6 Å². The van der Waals surface area contributed by atoms with Crippen molar-refractivity contribution in [3.63, 3.8) is 0 Å². The maximum atomic E-state index is 9.88. The summed E-state index contributed by atoms with van der Waals surface area (Å²) in [6.45, 7) is 1.86. The molecule has 2 N–H and O–H groups in total. The summed E-state index contributed by atoms with van der Waals surface area (Å²) >= 11 is 0. The molecule has 1 aliphatic carbocycles. The van der Waals surface area contributed by atoms with Gasteiger partial charge in [0.15, 0.2) is 5.76 Å². The van der Waals surface area contributed by atoms with Gasteiger partial charge in [-0.25, -0.2) is 0 Å². The van der Waals surface area contributed by atoms with Crippen LogP contribution in [0.3, 0.4) is 0 Å². The van der Waals surface area contributed by atoms with Crippen LogP contribution in [0.2, 0.25) is 0 Å². The summed E-state index contributed by atoms with van der Waals surface area (Å²) < 4.78 is 5.63. The number of aryl methyl sites for hydroxylation is 1. The van der Waals surface area contributed by atoms with E-state index in [0.717, 1.165) is 22.4 Å². The smallest absolute Gasteiger partial charge is 0.153 e. The van der Waals surface area contributed by atoms with Gasteiger partial charge in [-0.15, -0.1) is 0 Å². The third-order valence-electron chi connectivity index (χ3n) is 4.99. The molecule has 5 heteroatoms. The molecule has 0 spiro atoms. The Balaban J connectivity index is 1.95. The maximum absolute atomic E-state index is 9.88. The van der Waals surface area contributed by atoms with Gasteiger partial charge in [0.2, 0.25) is 0 Å². The second kappa shape index (κ2) is 6.16. The zero-order valence-electron chi connectivity index (χ0n) is 14.2. The number of nitriles is 1. The number of phenolic OH excluding ortho intramolecular Hbond substituents is 1. The van der Waals surface area contributed by atoms with Crippen LogP contribution in [0.15, 0.2) is 59.1 Å². The van der Waals surface area contributed by atoms with Gasteiger partial charge in [-0.1, -0.05) is 47.6 Å². The van der Waals surface area contributed by atoms with E-state index >= 15 is 0 Å². The zero-order valence-corrected chi connectivity index (χ0v) is 14.2. The number of phenols is 1. The van der Waals surface area contributed by atoms with E-state index in [2.05, 4.69) is 11.2 Å². The van der Waals surface area contributed by atoms with E-state index in [0.29, 0.717) is 5.76 Å². The van der Waals surface area contributed by atoms with Gasteiger partial charge in [0, 0.05) is 17.2 Å². The first-order valence-corrected chi connectivity index (χ1v) is 8.39. The van der Waals surface area contributed by atoms with Crippen molar-refractivity contribution in [2.24, 2.45) is 5.92 Å². The van der Waals surface area contributed by atoms with Gasteiger partial charge in [-0.05, 0) is 30.2 Å². The Kier molecular flexibility index (Phi) is 3.81. The van der Waals surface area contributed by atoms with E-state index in [9.17, 15) is 10.4 Å². The van der Waals surface area contributed by atoms with Gasteiger partial charge in [0.1, 0.15) is 5.75 Å². The Hall–Kier alpha value is -3.39. The highest BCUT2D eigenvalue weighted by Gasteiger charge is 2.45. The van der Waals surface area contributed by atoms with Gasteiger partial charge < -0.3 is 15.0 Å². The molecule has 3 atom stereocenters. The first-order valence-electron chi connectivity index (χ1n) is 8.39. The molecule has 0 fully saturated rings. The standard InChI is InChI=1S/C21H17N3O2/c1-12-17-18(13-6-3-2-4-7-13)16(11-22)20(23)19(21(17)26-24-12)14-8-5-9-15(25)10-14/h2-10,16,18-19,23,25H,1H3/t16?,18-,19-/m1/s1. The average molecular weight is 343 g/mol. The van der Waals surface area contributed by atoms with Crippen LogP contribution in [0, 0.1) is 29.6 Å². The molecule has 0 bridgehead atoms. The molecule has 0 amide bonds. The second-order valence-corrected chi connectivity index (χ2v) is 6.52. The first-order chi connectivity index (χ1) is 12.6. The Labute approximate surface area is 151 Å². The lowest BCUT2D eigenvalue weighted by molar-refractivity contribution is 0.373. The maximum Gasteiger partial charge on any atom is 0.153 e. The molecule has 1 aliphatic rings. The third kappa shape index (κ3) is 2.39. The number of benzene rings is 2. The highest BCUT2D eigenvalue weighted by atomic mass is 16.5. The lowest BCUT2D eigenvalue weighted by Crippen LogP contribution is -2.33. The number of fused-ring (bicyclic) bond motifs is 1. The Morgan fingerprint density at radius 1 is 1.12 bits per heavy atom. The normalized spacial score (nSPS) is 21.8. The average Bonchev–Trinajstić information content (AvgIpc) is 3.02. The molecule has 26 heavy (non-hydrogen) atoms. The van der Waals surface area contributed by atoms with Crippen molar-refractivity contribution >= 4 is 5.71 Å². The van der Waals surface area contributed by atoms with Crippen LogP contribution in [0.1, 0.15) is 40.0 Å². The summed E-state index contributed by atoms with van der Waals surface area (Å²) in [5.41, 5.74) is 3.54. The lowest BCUT2D eigenvalue weighted by Gasteiger charge is -2.33. The minimum absolute atomic E-state index is 0.117. The number of rotatable bonds is 2. The summed E-state index contributed by atoms with van der Waals surface area (Å²) in [7, 11) is 0. The van der Waals surface area contributed by atoms with Crippen molar-refractivity contribution in [2.75, 3.05) is 0 Å². The fraction of sp³-hybridized carbons (Fsp3) is 0.190. The van der Waals surface area contributed by atoms with E-state index in [1.165, 1.54) is 0 Å². The SMILES string of the molecule is Cc1noc2c1[C@H](c1ccccc1)C(C#N)C(=N)[C@H]2c1cccc(O)c1. The number of aromatic hydroxyl groups is 1. The quantitative estimate of drug-likeness (QED) is 0.731. The fourth-order valence-electron chi connectivity index (χ4n) is 3.85. The molecule has 5 nitrogen and oxygen atoms in total. The minimum Gasteiger partial charge on any atom is -0.508 e. The van der Waals surface area contributed by atoms with Gasteiger partial charge >= 0.3 is 0 Å². The molecule has 0 radical (unpaired) electrons. The van der Waals surface area contributed by atoms with Crippen LogP contribution in [-0.4, -0.2) is 16.0 Å². The number of nitrogens with zero attached hydrogens (tertiary/aromatic N) is 2. The van der Waals surface area contributed by atoms with Crippen molar-refractivity contribution < 1.29 is 9.63 Å². The van der Waals surface area contributed by atoms with Crippen LogP contribution in [0.25, 0.3) is 0 Å². The monoisotopic (exact) mass is 343 g/mol. The summed E-state index contributed by atoms with van der Waals surface area (Å²) in [5.74, 6) is -0.744. The highest BCUT2D eigenvalue weighted by Crippen LogP contribution is 2.47. The van der Waals surface area contributed by atoms with E-state index in [1.807, 2.05) is 43.3 Å². The van der Waals surface area contributed by atoms with Crippen molar-refractivity contribution in [3.8, 4) is 11.8 Å².